The van der Waals surface area contributed by atoms with Crippen molar-refractivity contribution in [1.82, 2.24) is 0 Å². The van der Waals surface area contributed by atoms with Gasteiger partial charge in [0.2, 0.25) is 0 Å². The van der Waals surface area contributed by atoms with Gasteiger partial charge in [0.15, 0.2) is 9.84 Å². The molecule has 0 saturated heterocycles. The molecule has 0 aliphatic heterocycles. The molecule has 0 aromatic heterocycles. The van der Waals surface area contributed by atoms with Crippen LogP contribution in [-0.2, 0) is 9.84 Å². The van der Waals surface area contributed by atoms with E-state index in [-0.39, 0.29) is 6.61 Å². The SMILES string of the molecule is CS(=O)(=O)c1ccc(OCCCCCCO)cc1. The van der Waals surface area contributed by atoms with Crippen LogP contribution < -0.4 is 4.74 Å². The van der Waals surface area contributed by atoms with E-state index in [1.54, 1.807) is 24.3 Å². The number of aliphatic hydroxyl groups excluding tert-OH is 1. The van der Waals surface area contributed by atoms with E-state index in [4.69, 9.17) is 9.84 Å². The highest BCUT2D eigenvalue weighted by atomic mass is 32.2. The maximum absolute atomic E-state index is 11.2. The third-order valence-electron chi connectivity index (χ3n) is 2.57. The number of benzene rings is 1. The highest BCUT2D eigenvalue weighted by Gasteiger charge is 2.06. The summed E-state index contributed by atoms with van der Waals surface area (Å²) in [6.45, 7) is 0.859. The lowest BCUT2D eigenvalue weighted by Crippen LogP contribution is -1.99. The molecule has 102 valence electrons. The standard InChI is InChI=1S/C13H20O4S/c1-18(15,16)13-8-6-12(7-9-13)17-11-5-3-2-4-10-14/h6-9,14H,2-5,10-11H2,1H3. The van der Waals surface area contributed by atoms with E-state index in [0.29, 0.717) is 17.3 Å². The number of ether oxygens (including phenoxy) is 1. The summed E-state index contributed by atoms with van der Waals surface area (Å²) in [6.07, 6.45) is 5.00. The first-order valence-electron chi connectivity index (χ1n) is 6.08. The largest absolute Gasteiger partial charge is 0.494 e. The summed E-state index contributed by atoms with van der Waals surface area (Å²) in [4.78, 5) is 0.304. The van der Waals surface area contributed by atoms with E-state index in [9.17, 15) is 8.42 Å². The van der Waals surface area contributed by atoms with E-state index in [1.165, 1.54) is 6.26 Å². The Morgan fingerprint density at radius 2 is 1.67 bits per heavy atom. The highest BCUT2D eigenvalue weighted by Crippen LogP contribution is 2.16. The molecule has 1 aromatic carbocycles. The Morgan fingerprint density at radius 3 is 2.22 bits per heavy atom. The molecule has 0 unspecified atom stereocenters. The van der Waals surface area contributed by atoms with E-state index in [0.717, 1.165) is 25.7 Å². The molecule has 0 atom stereocenters. The van der Waals surface area contributed by atoms with Crippen LogP contribution >= 0.6 is 0 Å². The predicted molar refractivity (Wildman–Crippen MR) is 70.6 cm³/mol. The molecular weight excluding hydrogens is 252 g/mol. The molecule has 0 amide bonds. The van der Waals surface area contributed by atoms with Crippen LogP contribution in [0.1, 0.15) is 25.7 Å². The Morgan fingerprint density at radius 1 is 1.06 bits per heavy atom. The van der Waals surface area contributed by atoms with Crippen molar-refractivity contribution in [2.75, 3.05) is 19.5 Å². The van der Waals surface area contributed by atoms with Crippen LogP contribution in [0.4, 0.5) is 0 Å². The van der Waals surface area contributed by atoms with Gasteiger partial charge in [0.05, 0.1) is 11.5 Å². The van der Waals surface area contributed by atoms with Gasteiger partial charge in [-0.3, -0.25) is 0 Å². The third kappa shape index (κ3) is 5.51. The second kappa shape index (κ2) is 7.38. The highest BCUT2D eigenvalue weighted by molar-refractivity contribution is 7.90. The fourth-order valence-corrected chi connectivity index (χ4v) is 2.17. The van der Waals surface area contributed by atoms with Crippen molar-refractivity contribution in [2.45, 2.75) is 30.6 Å². The molecule has 4 nitrogen and oxygen atoms in total. The lowest BCUT2D eigenvalue weighted by molar-refractivity contribution is 0.273. The fraction of sp³-hybridized carbons (Fsp3) is 0.538. The predicted octanol–water partition coefficient (Wildman–Crippen LogP) is 2.02. The van der Waals surface area contributed by atoms with Crippen LogP contribution in [0.25, 0.3) is 0 Å². The van der Waals surface area contributed by atoms with Gasteiger partial charge in [-0.25, -0.2) is 8.42 Å². The van der Waals surface area contributed by atoms with Crippen LogP contribution in [0.5, 0.6) is 5.75 Å². The Bertz CT molecular complexity index is 437. The Hall–Kier alpha value is -1.07. The summed E-state index contributed by atoms with van der Waals surface area (Å²) in [5.74, 6) is 0.685. The minimum absolute atomic E-state index is 0.244. The zero-order chi connectivity index (χ0) is 13.4. The average molecular weight is 272 g/mol. The first-order chi connectivity index (χ1) is 8.54. The quantitative estimate of drug-likeness (QED) is 0.735. The molecule has 0 heterocycles. The normalized spacial score (nSPS) is 11.4. The number of unbranched alkanes of at least 4 members (excludes halogenated alkanes) is 3. The van der Waals surface area contributed by atoms with Crippen molar-refractivity contribution in [2.24, 2.45) is 0 Å². The van der Waals surface area contributed by atoms with Gasteiger partial charge in [-0.2, -0.15) is 0 Å². The smallest absolute Gasteiger partial charge is 0.175 e. The van der Waals surface area contributed by atoms with Gasteiger partial charge in [-0.15, -0.1) is 0 Å². The zero-order valence-electron chi connectivity index (χ0n) is 10.6. The van der Waals surface area contributed by atoms with Gasteiger partial charge in [0.25, 0.3) is 0 Å². The summed E-state index contributed by atoms with van der Waals surface area (Å²) in [7, 11) is -3.13. The number of rotatable bonds is 8. The van der Waals surface area contributed by atoms with E-state index in [2.05, 4.69) is 0 Å². The van der Waals surface area contributed by atoms with E-state index in [1.807, 2.05) is 0 Å². The lowest BCUT2D eigenvalue weighted by Gasteiger charge is -2.06. The van der Waals surface area contributed by atoms with Gasteiger partial charge in [0.1, 0.15) is 5.75 Å². The average Bonchev–Trinajstić information content (AvgIpc) is 2.33. The third-order valence-corrected chi connectivity index (χ3v) is 3.70. The van der Waals surface area contributed by atoms with Crippen molar-refractivity contribution >= 4 is 9.84 Å². The van der Waals surface area contributed by atoms with Crippen molar-refractivity contribution in [3.8, 4) is 5.75 Å². The van der Waals surface area contributed by atoms with Crippen LogP contribution in [0.3, 0.4) is 0 Å². The lowest BCUT2D eigenvalue weighted by atomic mass is 10.2. The second-order valence-corrected chi connectivity index (χ2v) is 6.25. The number of hydrogen-bond acceptors (Lipinski definition) is 4. The molecule has 0 spiro atoms. The summed E-state index contributed by atoms with van der Waals surface area (Å²) in [5.41, 5.74) is 0. The summed E-state index contributed by atoms with van der Waals surface area (Å²) >= 11 is 0. The van der Waals surface area contributed by atoms with Crippen LogP contribution in [0, 0.1) is 0 Å². The number of sulfone groups is 1. The molecule has 0 saturated carbocycles. The first-order valence-corrected chi connectivity index (χ1v) is 7.97. The number of hydrogen-bond donors (Lipinski definition) is 1. The Balaban J connectivity index is 2.32. The van der Waals surface area contributed by atoms with E-state index >= 15 is 0 Å². The summed E-state index contributed by atoms with van der Waals surface area (Å²) in [5, 5.41) is 8.61. The molecule has 1 aromatic rings. The Labute approximate surface area is 109 Å². The van der Waals surface area contributed by atoms with Gasteiger partial charge in [-0.05, 0) is 43.5 Å². The molecule has 5 heteroatoms. The van der Waals surface area contributed by atoms with Crippen LogP contribution in [0.2, 0.25) is 0 Å². The van der Waals surface area contributed by atoms with E-state index < -0.39 is 9.84 Å². The monoisotopic (exact) mass is 272 g/mol. The minimum atomic E-state index is -3.13. The van der Waals surface area contributed by atoms with Crippen LogP contribution in [0.15, 0.2) is 29.2 Å². The molecule has 1 N–H and O–H groups in total. The van der Waals surface area contributed by atoms with Crippen molar-refractivity contribution in [1.29, 1.82) is 0 Å². The Kier molecular flexibility index (Phi) is 6.15. The van der Waals surface area contributed by atoms with Crippen molar-refractivity contribution < 1.29 is 18.3 Å². The van der Waals surface area contributed by atoms with Gasteiger partial charge in [0, 0.05) is 12.9 Å². The molecule has 0 bridgehead atoms. The second-order valence-electron chi connectivity index (χ2n) is 4.23. The van der Waals surface area contributed by atoms with Crippen LogP contribution in [-0.4, -0.2) is 33.0 Å². The van der Waals surface area contributed by atoms with Gasteiger partial charge in [-0.1, -0.05) is 6.42 Å². The van der Waals surface area contributed by atoms with Gasteiger partial charge < -0.3 is 9.84 Å². The van der Waals surface area contributed by atoms with Crippen molar-refractivity contribution in [3.05, 3.63) is 24.3 Å². The first kappa shape index (κ1) is 15.0. The molecule has 18 heavy (non-hydrogen) atoms. The summed E-state index contributed by atoms with van der Waals surface area (Å²) < 4.78 is 28.0. The topological polar surface area (TPSA) is 63.6 Å². The molecule has 1 rings (SSSR count). The summed E-state index contributed by atoms with van der Waals surface area (Å²) in [6, 6.07) is 6.45. The molecular formula is C13H20O4S. The molecule has 0 radical (unpaired) electrons. The van der Waals surface area contributed by atoms with Crippen molar-refractivity contribution in [3.63, 3.8) is 0 Å². The zero-order valence-corrected chi connectivity index (χ0v) is 11.4. The maximum atomic E-state index is 11.2. The number of aliphatic hydroxyl groups is 1. The molecule has 0 fully saturated rings. The molecule has 0 aliphatic rings. The maximum Gasteiger partial charge on any atom is 0.175 e. The fourth-order valence-electron chi connectivity index (χ4n) is 1.54. The molecule has 0 aliphatic carbocycles. The van der Waals surface area contributed by atoms with Gasteiger partial charge >= 0.3 is 0 Å². The minimum Gasteiger partial charge on any atom is -0.494 e.